The van der Waals surface area contributed by atoms with Crippen LogP contribution in [0, 0.1) is 0 Å². The number of hydrogen-bond acceptors (Lipinski definition) is 6. The Morgan fingerprint density at radius 2 is 0.606 bits per heavy atom. The minimum absolute atomic E-state index is 0.113. The summed E-state index contributed by atoms with van der Waals surface area (Å²) in [6.45, 7) is 6.42. The van der Waals surface area contributed by atoms with Gasteiger partial charge in [0.05, 0.1) is 6.42 Å². The Balaban J connectivity index is 4.48. The summed E-state index contributed by atoms with van der Waals surface area (Å²) >= 11 is 0. The summed E-state index contributed by atoms with van der Waals surface area (Å²) in [4.78, 5) is 38.1. The second kappa shape index (κ2) is 58.9. The SMILES string of the molecule is CC/C=C\C/C=C\C/C=C\C/C=C\C/C=C\CC(=O)OCC(COC(=O)CCCCCCCC/C=C\C/C=C\C/C=C\CCCCC)OC(=O)CCCCCCCCCCCCCCCCCCCCC. The van der Waals surface area contributed by atoms with Crippen LogP contribution < -0.4 is 0 Å². The molecule has 71 heavy (non-hydrogen) atoms. The highest BCUT2D eigenvalue weighted by molar-refractivity contribution is 5.72. The lowest BCUT2D eigenvalue weighted by Crippen LogP contribution is -2.30. The lowest BCUT2D eigenvalue weighted by atomic mass is 10.0. The summed E-state index contributed by atoms with van der Waals surface area (Å²) in [7, 11) is 0. The molecule has 0 N–H and O–H groups in total. The van der Waals surface area contributed by atoms with Crippen LogP contribution in [0.5, 0.6) is 0 Å². The molecule has 0 aromatic heterocycles. The van der Waals surface area contributed by atoms with E-state index < -0.39 is 12.1 Å². The fourth-order valence-electron chi connectivity index (χ4n) is 8.17. The highest BCUT2D eigenvalue weighted by Crippen LogP contribution is 2.16. The number of unbranched alkanes of at least 4 members (excludes halogenated alkanes) is 27. The van der Waals surface area contributed by atoms with Gasteiger partial charge in [-0.05, 0) is 83.5 Å². The van der Waals surface area contributed by atoms with E-state index in [1.807, 2.05) is 6.08 Å². The Morgan fingerprint density at radius 1 is 0.310 bits per heavy atom. The fourth-order valence-corrected chi connectivity index (χ4v) is 8.17. The topological polar surface area (TPSA) is 78.9 Å². The maximum absolute atomic E-state index is 12.9. The quantitative estimate of drug-likeness (QED) is 0.0261. The van der Waals surface area contributed by atoms with Crippen LogP contribution in [-0.4, -0.2) is 37.2 Å². The second-order valence-electron chi connectivity index (χ2n) is 19.5. The number of rotatable bonds is 53. The molecule has 6 nitrogen and oxygen atoms in total. The Bertz CT molecular complexity index is 1410. The van der Waals surface area contributed by atoms with Crippen molar-refractivity contribution in [2.75, 3.05) is 13.2 Å². The van der Waals surface area contributed by atoms with Gasteiger partial charge in [0, 0.05) is 12.8 Å². The first-order valence-electron chi connectivity index (χ1n) is 29.7. The molecule has 0 saturated carbocycles. The zero-order chi connectivity index (χ0) is 51.4. The average Bonchev–Trinajstić information content (AvgIpc) is 3.37. The van der Waals surface area contributed by atoms with E-state index in [9.17, 15) is 14.4 Å². The van der Waals surface area contributed by atoms with E-state index in [1.165, 1.54) is 141 Å². The molecule has 0 amide bonds. The summed E-state index contributed by atoms with van der Waals surface area (Å²) in [5, 5.41) is 0. The van der Waals surface area contributed by atoms with E-state index >= 15 is 0 Å². The lowest BCUT2D eigenvalue weighted by Gasteiger charge is -2.18. The molecule has 0 saturated heterocycles. The zero-order valence-electron chi connectivity index (χ0n) is 46.5. The summed E-state index contributed by atoms with van der Waals surface area (Å²) in [6.07, 6.45) is 78.5. The smallest absolute Gasteiger partial charge is 0.309 e. The molecule has 0 aliphatic rings. The van der Waals surface area contributed by atoms with Crippen LogP contribution in [0.25, 0.3) is 0 Å². The number of carbonyl (C=O) groups is 3. The van der Waals surface area contributed by atoms with E-state index in [4.69, 9.17) is 14.2 Å². The van der Waals surface area contributed by atoms with E-state index in [2.05, 4.69) is 106 Å². The van der Waals surface area contributed by atoms with Crippen molar-refractivity contribution in [3.63, 3.8) is 0 Å². The fraction of sp³-hybridized carbons (Fsp3) is 0.708. The van der Waals surface area contributed by atoms with Crippen molar-refractivity contribution < 1.29 is 28.6 Å². The molecule has 0 heterocycles. The van der Waals surface area contributed by atoms with Crippen molar-refractivity contribution in [1.29, 1.82) is 0 Å². The van der Waals surface area contributed by atoms with Gasteiger partial charge in [-0.2, -0.15) is 0 Å². The van der Waals surface area contributed by atoms with Crippen LogP contribution in [0.2, 0.25) is 0 Å². The van der Waals surface area contributed by atoms with Crippen molar-refractivity contribution in [2.24, 2.45) is 0 Å². The van der Waals surface area contributed by atoms with Gasteiger partial charge in [0.2, 0.25) is 0 Å². The Labute approximate surface area is 438 Å². The molecular formula is C65H110O6. The summed E-state index contributed by atoms with van der Waals surface area (Å²) in [5.74, 6) is -1.05. The van der Waals surface area contributed by atoms with Gasteiger partial charge < -0.3 is 14.2 Å². The van der Waals surface area contributed by atoms with Gasteiger partial charge in [-0.1, -0.05) is 272 Å². The highest BCUT2D eigenvalue weighted by atomic mass is 16.6. The van der Waals surface area contributed by atoms with Crippen LogP contribution >= 0.6 is 0 Å². The number of carbonyl (C=O) groups excluding carboxylic acids is 3. The molecule has 0 spiro atoms. The van der Waals surface area contributed by atoms with Gasteiger partial charge in [0.1, 0.15) is 13.2 Å². The van der Waals surface area contributed by atoms with Crippen LogP contribution in [0.4, 0.5) is 0 Å². The van der Waals surface area contributed by atoms with Gasteiger partial charge in [-0.15, -0.1) is 0 Å². The number of allylic oxidation sites excluding steroid dienone is 15. The van der Waals surface area contributed by atoms with E-state index in [0.717, 1.165) is 96.3 Å². The van der Waals surface area contributed by atoms with Crippen molar-refractivity contribution in [3.8, 4) is 0 Å². The predicted molar refractivity (Wildman–Crippen MR) is 307 cm³/mol. The normalized spacial score (nSPS) is 12.8. The molecule has 1 unspecified atom stereocenters. The van der Waals surface area contributed by atoms with Gasteiger partial charge in [-0.3, -0.25) is 14.4 Å². The lowest BCUT2D eigenvalue weighted by molar-refractivity contribution is -0.166. The highest BCUT2D eigenvalue weighted by Gasteiger charge is 2.19. The monoisotopic (exact) mass is 987 g/mol. The molecule has 0 aliphatic carbocycles. The van der Waals surface area contributed by atoms with Crippen LogP contribution in [0.3, 0.4) is 0 Å². The Hall–Kier alpha value is -3.67. The molecule has 1 atom stereocenters. The van der Waals surface area contributed by atoms with Crippen molar-refractivity contribution in [3.05, 3.63) is 97.2 Å². The first kappa shape index (κ1) is 67.3. The Morgan fingerprint density at radius 3 is 1.01 bits per heavy atom. The minimum Gasteiger partial charge on any atom is -0.462 e. The molecule has 406 valence electrons. The molecular weight excluding hydrogens is 877 g/mol. The van der Waals surface area contributed by atoms with Crippen LogP contribution in [0.15, 0.2) is 97.2 Å². The third-order valence-corrected chi connectivity index (χ3v) is 12.6. The molecule has 0 fully saturated rings. The standard InChI is InChI=1S/C65H110O6/c1-4-7-10-13-16-19-22-25-28-30-32-34-37-40-43-46-49-52-55-58-64(67)70-61-62(60-69-63(66)57-54-51-48-45-42-39-36-27-24-21-18-15-12-9-6-3)71-65(68)59-56-53-50-47-44-41-38-35-33-31-29-26-23-20-17-14-11-8-5-2/h9,12,16,18-19,21,25,27-28,32,34,36,42,45,51,54,62H,4-8,10-11,13-15,17,20,22-24,26,29-31,33,35,37-41,43-44,46-50,52-53,55-61H2,1-3H3/b12-9-,19-16-,21-18-,28-25-,34-32-,36-27-,45-42-,54-51-. The van der Waals surface area contributed by atoms with Crippen molar-refractivity contribution in [2.45, 2.75) is 284 Å². The minimum atomic E-state index is -0.823. The average molecular weight is 988 g/mol. The molecule has 0 bridgehead atoms. The van der Waals surface area contributed by atoms with E-state index in [-0.39, 0.29) is 31.6 Å². The van der Waals surface area contributed by atoms with E-state index in [1.54, 1.807) is 6.08 Å². The zero-order valence-corrected chi connectivity index (χ0v) is 46.5. The largest absolute Gasteiger partial charge is 0.462 e. The third-order valence-electron chi connectivity index (χ3n) is 12.6. The maximum Gasteiger partial charge on any atom is 0.309 e. The van der Waals surface area contributed by atoms with E-state index in [0.29, 0.717) is 12.8 Å². The Kier molecular flexibility index (Phi) is 55.9. The summed E-state index contributed by atoms with van der Waals surface area (Å²) in [6, 6.07) is 0. The summed E-state index contributed by atoms with van der Waals surface area (Å²) in [5.41, 5.74) is 0. The van der Waals surface area contributed by atoms with Gasteiger partial charge in [-0.25, -0.2) is 0 Å². The first-order valence-corrected chi connectivity index (χ1v) is 29.7. The molecule has 6 heteroatoms. The third kappa shape index (κ3) is 57.1. The van der Waals surface area contributed by atoms with Gasteiger partial charge in [0.25, 0.3) is 0 Å². The maximum atomic E-state index is 12.9. The van der Waals surface area contributed by atoms with Gasteiger partial charge >= 0.3 is 17.9 Å². The number of esters is 3. The van der Waals surface area contributed by atoms with Gasteiger partial charge in [0.15, 0.2) is 6.10 Å². The van der Waals surface area contributed by atoms with Crippen LogP contribution in [-0.2, 0) is 28.6 Å². The van der Waals surface area contributed by atoms with Crippen LogP contribution in [0.1, 0.15) is 278 Å². The van der Waals surface area contributed by atoms with Crippen molar-refractivity contribution >= 4 is 17.9 Å². The predicted octanol–water partition coefficient (Wildman–Crippen LogP) is 20.1. The molecule has 0 aliphatic heterocycles. The summed E-state index contributed by atoms with van der Waals surface area (Å²) < 4.78 is 16.8. The first-order chi connectivity index (χ1) is 35.0. The second-order valence-corrected chi connectivity index (χ2v) is 19.5. The number of ether oxygens (including phenoxy) is 3. The number of hydrogen-bond donors (Lipinski definition) is 0. The van der Waals surface area contributed by atoms with Crippen molar-refractivity contribution in [1.82, 2.24) is 0 Å². The molecule has 0 aromatic carbocycles. The molecule has 0 radical (unpaired) electrons. The molecule has 0 rings (SSSR count). The molecule has 0 aromatic rings.